The van der Waals surface area contributed by atoms with Gasteiger partial charge in [0.25, 0.3) is 5.56 Å². The summed E-state index contributed by atoms with van der Waals surface area (Å²) in [5.74, 6) is -1.14. The van der Waals surface area contributed by atoms with Gasteiger partial charge in [-0.1, -0.05) is 11.6 Å². The molecule has 1 aromatic carbocycles. The zero-order valence-corrected chi connectivity index (χ0v) is 19.3. The van der Waals surface area contributed by atoms with Crippen LogP contribution in [0.25, 0.3) is 11.3 Å². The number of carbonyl (C=O) groups is 1. The number of aromatic carboxylic acids is 1. The van der Waals surface area contributed by atoms with Gasteiger partial charge in [-0.25, -0.2) is 13.2 Å². The number of benzene rings is 1. The van der Waals surface area contributed by atoms with Gasteiger partial charge in [0.15, 0.2) is 9.84 Å². The molecule has 10 heteroatoms. The Morgan fingerprint density at radius 1 is 1.25 bits per heavy atom. The molecule has 2 aliphatic rings. The monoisotopic (exact) mass is 481 g/mol. The van der Waals surface area contributed by atoms with Gasteiger partial charge in [0.05, 0.1) is 27.5 Å². The Labute approximate surface area is 190 Å². The fraction of sp³-hybridized carbons (Fsp3) is 0.455. The summed E-state index contributed by atoms with van der Waals surface area (Å²) in [6.07, 6.45) is 2.97. The van der Waals surface area contributed by atoms with E-state index < -0.39 is 32.2 Å². The number of methoxy groups -OCH3 is 1. The second kappa shape index (κ2) is 8.53. The third kappa shape index (κ3) is 3.62. The van der Waals surface area contributed by atoms with Gasteiger partial charge in [-0.15, -0.1) is 0 Å². The first kappa shape index (κ1) is 22.8. The van der Waals surface area contributed by atoms with E-state index in [2.05, 4.69) is 0 Å². The van der Waals surface area contributed by atoms with Crippen LogP contribution in [-0.2, 0) is 14.6 Å². The summed E-state index contributed by atoms with van der Waals surface area (Å²) >= 11 is 6.44. The largest absolute Gasteiger partial charge is 0.492 e. The Kier molecular flexibility index (Phi) is 6.08. The third-order valence-electron chi connectivity index (χ3n) is 6.18. The van der Waals surface area contributed by atoms with Crippen molar-refractivity contribution in [3.8, 4) is 17.0 Å². The normalized spacial score (nSPS) is 19.0. The maximum Gasteiger partial charge on any atom is 0.341 e. The van der Waals surface area contributed by atoms with E-state index in [0.717, 1.165) is 19.3 Å². The van der Waals surface area contributed by atoms with Gasteiger partial charge in [0, 0.05) is 37.8 Å². The second-order valence-corrected chi connectivity index (χ2v) is 10.7. The molecule has 1 aliphatic carbocycles. The number of hydrogen-bond donors (Lipinski definition) is 1. The molecular weight excluding hydrogens is 458 g/mol. The van der Waals surface area contributed by atoms with Gasteiger partial charge >= 0.3 is 5.97 Å². The minimum Gasteiger partial charge on any atom is -0.492 e. The molecule has 8 nitrogen and oxygen atoms in total. The van der Waals surface area contributed by atoms with Crippen molar-refractivity contribution in [3.05, 3.63) is 44.7 Å². The van der Waals surface area contributed by atoms with Crippen LogP contribution >= 0.6 is 11.6 Å². The van der Waals surface area contributed by atoms with Crippen molar-refractivity contribution >= 4 is 27.4 Å². The predicted octanol–water partition coefficient (Wildman–Crippen LogP) is 3.86. The van der Waals surface area contributed by atoms with Crippen molar-refractivity contribution in [3.63, 3.8) is 0 Å². The van der Waals surface area contributed by atoms with Crippen LogP contribution < -0.4 is 10.3 Å². The number of carboxylic acids is 1. The van der Waals surface area contributed by atoms with E-state index >= 15 is 0 Å². The maximum atomic E-state index is 13.4. The molecule has 32 heavy (non-hydrogen) atoms. The quantitative estimate of drug-likeness (QED) is 0.597. The topological polar surface area (TPSA) is 112 Å². The Bertz CT molecular complexity index is 1250. The van der Waals surface area contributed by atoms with Crippen LogP contribution in [-0.4, -0.2) is 44.4 Å². The highest BCUT2D eigenvalue weighted by molar-refractivity contribution is 7.92. The van der Waals surface area contributed by atoms with Gasteiger partial charge in [-0.2, -0.15) is 0 Å². The zero-order chi connectivity index (χ0) is 23.2. The summed E-state index contributed by atoms with van der Waals surface area (Å²) in [6.45, 7) is 2.30. The number of halogens is 1. The van der Waals surface area contributed by atoms with Crippen LogP contribution in [0.15, 0.2) is 27.9 Å². The highest BCUT2D eigenvalue weighted by atomic mass is 35.5. The lowest BCUT2D eigenvalue weighted by atomic mass is 9.90. The van der Waals surface area contributed by atoms with E-state index in [4.69, 9.17) is 21.1 Å². The van der Waals surface area contributed by atoms with Crippen molar-refractivity contribution < 1.29 is 27.8 Å². The van der Waals surface area contributed by atoms with Crippen molar-refractivity contribution in [2.24, 2.45) is 0 Å². The molecule has 1 unspecified atom stereocenters. The Morgan fingerprint density at radius 3 is 2.56 bits per heavy atom. The number of carboxylic acid groups (broad SMARTS) is 1. The maximum absolute atomic E-state index is 13.4. The molecule has 0 radical (unpaired) electrons. The molecule has 0 bridgehead atoms. The summed E-state index contributed by atoms with van der Waals surface area (Å²) in [4.78, 5) is 24.9. The van der Waals surface area contributed by atoms with Gasteiger partial charge < -0.3 is 19.1 Å². The van der Waals surface area contributed by atoms with Crippen molar-refractivity contribution in [1.82, 2.24) is 4.57 Å². The molecule has 1 saturated carbocycles. The number of pyridine rings is 1. The average molecular weight is 482 g/mol. The molecular formula is C22H24ClNO7S. The summed E-state index contributed by atoms with van der Waals surface area (Å²) in [5, 5.41) is 8.75. The van der Waals surface area contributed by atoms with Crippen molar-refractivity contribution in [1.29, 1.82) is 0 Å². The first-order valence-corrected chi connectivity index (χ1v) is 12.3. The minimum absolute atomic E-state index is 0.0270. The van der Waals surface area contributed by atoms with Crippen molar-refractivity contribution in [2.75, 3.05) is 20.3 Å². The molecule has 2 aromatic rings. The van der Waals surface area contributed by atoms with Gasteiger partial charge in [0.1, 0.15) is 11.3 Å². The first-order chi connectivity index (χ1) is 15.2. The van der Waals surface area contributed by atoms with E-state index in [9.17, 15) is 23.1 Å². The SMILES string of the molecule is COCCCOc1cc2c(cc1Cl)-c1c(cc(C(=O)O)c(=O)n1C1CCC1)C(C)S2(=O)=O. The number of fused-ring (bicyclic) bond motifs is 3. The Hall–Kier alpha value is -2.36. The standard InChI is InChI=1S/C22H24ClNO7S/c1-12-14-9-16(22(26)27)21(25)24(13-5-3-6-13)20(14)15-10-17(23)18(31-8-4-7-30-2)11-19(15)32(12,28)29/h9-13H,3-8H2,1-2H3,(H,26,27). The molecule has 1 N–H and O–H groups in total. The lowest BCUT2D eigenvalue weighted by Gasteiger charge is -2.35. The lowest BCUT2D eigenvalue weighted by molar-refractivity contribution is 0.0693. The molecule has 0 amide bonds. The molecule has 0 spiro atoms. The third-order valence-corrected chi connectivity index (χ3v) is 8.61. The summed E-state index contributed by atoms with van der Waals surface area (Å²) < 4.78 is 38.9. The molecule has 2 heterocycles. The van der Waals surface area contributed by atoms with Crippen LogP contribution in [0.2, 0.25) is 5.02 Å². The highest BCUT2D eigenvalue weighted by Gasteiger charge is 2.40. The Morgan fingerprint density at radius 2 is 1.97 bits per heavy atom. The van der Waals surface area contributed by atoms with Crippen molar-refractivity contribution in [2.45, 2.75) is 48.8 Å². The molecule has 1 atom stereocenters. The van der Waals surface area contributed by atoms with E-state index in [-0.39, 0.29) is 21.7 Å². The summed E-state index contributed by atoms with van der Waals surface area (Å²) in [7, 11) is -2.29. The number of hydrogen-bond acceptors (Lipinski definition) is 6. The fourth-order valence-electron chi connectivity index (χ4n) is 4.21. The number of ether oxygens (including phenoxy) is 2. The van der Waals surface area contributed by atoms with Crippen LogP contribution in [0.3, 0.4) is 0 Å². The van der Waals surface area contributed by atoms with Crippen LogP contribution in [0, 0.1) is 0 Å². The summed E-state index contributed by atoms with van der Waals surface area (Å²) in [6, 6.07) is 3.92. The van der Waals surface area contributed by atoms with E-state index in [1.54, 1.807) is 7.11 Å². The van der Waals surface area contributed by atoms with Crippen LogP contribution in [0.1, 0.15) is 59.8 Å². The first-order valence-electron chi connectivity index (χ1n) is 10.4. The molecule has 4 rings (SSSR count). The number of aromatic nitrogens is 1. The summed E-state index contributed by atoms with van der Waals surface area (Å²) in [5.41, 5.74) is -0.0332. The molecule has 1 aliphatic heterocycles. The van der Waals surface area contributed by atoms with Gasteiger partial charge in [-0.05, 0) is 43.9 Å². The van der Waals surface area contributed by atoms with Gasteiger partial charge in [0.2, 0.25) is 0 Å². The van der Waals surface area contributed by atoms with E-state index in [0.29, 0.717) is 36.5 Å². The van der Waals surface area contributed by atoms with E-state index in [1.165, 1.54) is 29.7 Å². The number of sulfone groups is 1. The highest BCUT2D eigenvalue weighted by Crippen LogP contribution is 2.49. The van der Waals surface area contributed by atoms with Gasteiger partial charge in [-0.3, -0.25) is 4.79 Å². The molecule has 172 valence electrons. The van der Waals surface area contributed by atoms with Crippen LogP contribution in [0.5, 0.6) is 5.75 Å². The molecule has 1 fully saturated rings. The fourth-order valence-corrected chi connectivity index (χ4v) is 6.05. The second-order valence-electron chi connectivity index (χ2n) is 8.09. The minimum atomic E-state index is -3.87. The number of nitrogens with zero attached hydrogens (tertiary/aromatic N) is 1. The number of rotatable bonds is 7. The Balaban J connectivity index is 1.96. The van der Waals surface area contributed by atoms with E-state index in [1.807, 2.05) is 0 Å². The zero-order valence-electron chi connectivity index (χ0n) is 17.8. The molecule has 0 saturated heterocycles. The van der Waals surface area contributed by atoms with Crippen LogP contribution in [0.4, 0.5) is 0 Å². The molecule has 1 aromatic heterocycles. The smallest absolute Gasteiger partial charge is 0.341 e. The predicted molar refractivity (Wildman–Crippen MR) is 119 cm³/mol. The lowest BCUT2D eigenvalue weighted by Crippen LogP contribution is -2.36. The average Bonchev–Trinajstić information content (AvgIpc) is 2.70.